The van der Waals surface area contributed by atoms with Gasteiger partial charge in [0.25, 0.3) is 5.91 Å². The highest BCUT2D eigenvalue weighted by atomic mass is 79.9. The standard InChI is InChI=1S/C15H12BrF3N2O/c1-8-3-5-12(11(16)7-8)21-14(22)10-4-6-13(15(17,18)19)20-9(10)2/h3-7H,1-2H3,(H,21,22). The van der Waals surface area contributed by atoms with Crippen molar-refractivity contribution >= 4 is 27.5 Å². The Balaban J connectivity index is 2.26. The summed E-state index contributed by atoms with van der Waals surface area (Å²) in [5.41, 5.74) is 0.654. The molecule has 0 aliphatic carbocycles. The van der Waals surface area contributed by atoms with E-state index < -0.39 is 17.8 Å². The highest BCUT2D eigenvalue weighted by Crippen LogP contribution is 2.29. The number of carbonyl (C=O) groups excluding carboxylic acids is 1. The number of aromatic nitrogens is 1. The second-order valence-electron chi connectivity index (χ2n) is 4.76. The highest BCUT2D eigenvalue weighted by Gasteiger charge is 2.33. The summed E-state index contributed by atoms with van der Waals surface area (Å²) in [4.78, 5) is 15.6. The number of hydrogen-bond donors (Lipinski definition) is 1. The Morgan fingerprint density at radius 3 is 2.41 bits per heavy atom. The Morgan fingerprint density at radius 2 is 1.86 bits per heavy atom. The van der Waals surface area contributed by atoms with Crippen LogP contribution in [0.5, 0.6) is 0 Å². The van der Waals surface area contributed by atoms with E-state index in [1.165, 1.54) is 6.92 Å². The SMILES string of the molecule is Cc1ccc(NC(=O)c2ccc(C(F)(F)F)nc2C)c(Br)c1. The molecule has 3 nitrogen and oxygen atoms in total. The topological polar surface area (TPSA) is 42.0 Å². The lowest BCUT2D eigenvalue weighted by atomic mass is 10.1. The van der Waals surface area contributed by atoms with E-state index in [9.17, 15) is 18.0 Å². The van der Waals surface area contributed by atoms with Crippen LogP contribution in [0, 0.1) is 13.8 Å². The van der Waals surface area contributed by atoms with E-state index in [0.717, 1.165) is 17.7 Å². The van der Waals surface area contributed by atoms with Gasteiger partial charge in [-0.1, -0.05) is 6.07 Å². The molecule has 0 saturated heterocycles. The number of amides is 1. The molecule has 1 N–H and O–H groups in total. The quantitative estimate of drug-likeness (QED) is 0.827. The van der Waals surface area contributed by atoms with Gasteiger partial charge in [-0.2, -0.15) is 13.2 Å². The predicted molar refractivity (Wildman–Crippen MR) is 80.8 cm³/mol. The highest BCUT2D eigenvalue weighted by molar-refractivity contribution is 9.10. The Kier molecular flexibility index (Phi) is 4.55. The van der Waals surface area contributed by atoms with Crippen molar-refractivity contribution in [3.63, 3.8) is 0 Å². The lowest BCUT2D eigenvalue weighted by molar-refractivity contribution is -0.141. The molecule has 1 amide bonds. The summed E-state index contributed by atoms with van der Waals surface area (Å²) in [5, 5.41) is 2.65. The number of pyridine rings is 1. The normalized spacial score (nSPS) is 11.4. The first-order valence-electron chi connectivity index (χ1n) is 6.31. The second kappa shape index (κ2) is 6.08. The van der Waals surface area contributed by atoms with Gasteiger partial charge < -0.3 is 5.32 Å². The molecule has 0 unspecified atom stereocenters. The first-order chi connectivity index (χ1) is 10.2. The van der Waals surface area contributed by atoms with E-state index in [4.69, 9.17) is 0 Å². The molecule has 1 aromatic heterocycles. The molecule has 0 aliphatic rings. The van der Waals surface area contributed by atoms with Gasteiger partial charge in [0, 0.05) is 4.47 Å². The third-order valence-electron chi connectivity index (χ3n) is 2.99. The van der Waals surface area contributed by atoms with Crippen molar-refractivity contribution in [1.82, 2.24) is 4.98 Å². The van der Waals surface area contributed by atoms with Crippen LogP contribution in [0.4, 0.5) is 18.9 Å². The average Bonchev–Trinajstić information content (AvgIpc) is 2.40. The van der Waals surface area contributed by atoms with E-state index >= 15 is 0 Å². The van der Waals surface area contributed by atoms with Crippen molar-refractivity contribution in [3.8, 4) is 0 Å². The number of hydrogen-bond acceptors (Lipinski definition) is 2. The summed E-state index contributed by atoms with van der Waals surface area (Å²) in [5.74, 6) is -0.511. The summed E-state index contributed by atoms with van der Waals surface area (Å²) >= 11 is 3.33. The zero-order valence-electron chi connectivity index (χ0n) is 11.8. The fourth-order valence-corrected chi connectivity index (χ4v) is 2.46. The monoisotopic (exact) mass is 372 g/mol. The number of nitrogens with one attached hydrogen (secondary N) is 1. The van der Waals surface area contributed by atoms with Crippen LogP contribution in [0.1, 0.15) is 27.3 Å². The fraction of sp³-hybridized carbons (Fsp3) is 0.200. The van der Waals surface area contributed by atoms with E-state index in [1.54, 1.807) is 6.07 Å². The summed E-state index contributed by atoms with van der Waals surface area (Å²) in [6.07, 6.45) is -4.53. The molecule has 0 saturated carbocycles. The van der Waals surface area contributed by atoms with Crippen molar-refractivity contribution in [3.05, 3.63) is 57.3 Å². The molecule has 0 atom stereocenters. The molecule has 2 aromatic rings. The van der Waals surface area contributed by atoms with Crippen molar-refractivity contribution in [2.75, 3.05) is 5.32 Å². The first-order valence-corrected chi connectivity index (χ1v) is 7.10. The van der Waals surface area contributed by atoms with Crippen molar-refractivity contribution in [1.29, 1.82) is 0 Å². The zero-order valence-corrected chi connectivity index (χ0v) is 13.3. The number of rotatable bonds is 2. The number of anilines is 1. The minimum absolute atomic E-state index is 0.0237. The minimum atomic E-state index is -4.53. The second-order valence-corrected chi connectivity index (χ2v) is 5.62. The zero-order chi connectivity index (χ0) is 16.5. The number of nitrogens with zero attached hydrogens (tertiary/aromatic N) is 1. The maximum Gasteiger partial charge on any atom is 0.433 e. The van der Waals surface area contributed by atoms with Gasteiger partial charge in [0.05, 0.1) is 16.9 Å². The number of aryl methyl sites for hydroxylation is 2. The smallest absolute Gasteiger partial charge is 0.321 e. The maximum atomic E-state index is 12.6. The van der Waals surface area contributed by atoms with Gasteiger partial charge >= 0.3 is 6.18 Å². The number of alkyl halides is 3. The van der Waals surface area contributed by atoms with Crippen LogP contribution in [-0.4, -0.2) is 10.9 Å². The lowest BCUT2D eigenvalue weighted by Gasteiger charge is -2.11. The van der Waals surface area contributed by atoms with Crippen LogP contribution in [-0.2, 0) is 6.18 Å². The van der Waals surface area contributed by atoms with E-state index in [1.807, 2.05) is 19.1 Å². The van der Waals surface area contributed by atoms with Crippen LogP contribution in [0.15, 0.2) is 34.8 Å². The molecule has 0 spiro atoms. The Morgan fingerprint density at radius 1 is 1.18 bits per heavy atom. The first kappa shape index (κ1) is 16.5. The van der Waals surface area contributed by atoms with Crippen molar-refractivity contribution in [2.45, 2.75) is 20.0 Å². The van der Waals surface area contributed by atoms with Gasteiger partial charge in [0.1, 0.15) is 5.69 Å². The van der Waals surface area contributed by atoms with Gasteiger partial charge in [-0.15, -0.1) is 0 Å². The molecule has 0 radical (unpaired) electrons. The maximum absolute atomic E-state index is 12.6. The molecule has 1 aromatic carbocycles. The lowest BCUT2D eigenvalue weighted by Crippen LogP contribution is -2.16. The number of halogens is 4. The number of benzene rings is 1. The third kappa shape index (κ3) is 3.65. The fourth-order valence-electron chi connectivity index (χ4n) is 1.87. The van der Waals surface area contributed by atoms with Crippen LogP contribution in [0.3, 0.4) is 0 Å². The largest absolute Gasteiger partial charge is 0.433 e. The molecule has 7 heteroatoms. The van der Waals surface area contributed by atoms with Crippen LogP contribution >= 0.6 is 15.9 Å². The van der Waals surface area contributed by atoms with E-state index in [2.05, 4.69) is 26.2 Å². The average molecular weight is 373 g/mol. The summed E-state index contributed by atoms with van der Waals surface area (Å²) in [7, 11) is 0. The predicted octanol–water partition coefficient (Wildman–Crippen LogP) is 4.73. The van der Waals surface area contributed by atoms with Gasteiger partial charge in [-0.05, 0) is 59.6 Å². The molecule has 116 valence electrons. The Hall–Kier alpha value is -1.89. The summed E-state index contributed by atoms with van der Waals surface area (Å²) < 4.78 is 38.4. The van der Waals surface area contributed by atoms with Gasteiger partial charge in [0.15, 0.2) is 0 Å². The van der Waals surface area contributed by atoms with E-state index in [0.29, 0.717) is 10.2 Å². The van der Waals surface area contributed by atoms with Gasteiger partial charge in [-0.25, -0.2) is 4.98 Å². The summed E-state index contributed by atoms with van der Waals surface area (Å²) in [6.45, 7) is 3.27. The molecular formula is C15H12BrF3N2O. The van der Waals surface area contributed by atoms with Crippen molar-refractivity contribution < 1.29 is 18.0 Å². The molecule has 0 bridgehead atoms. The van der Waals surface area contributed by atoms with Crippen LogP contribution in [0.25, 0.3) is 0 Å². The minimum Gasteiger partial charge on any atom is -0.321 e. The summed E-state index contributed by atoms with van der Waals surface area (Å²) in [6, 6.07) is 7.28. The van der Waals surface area contributed by atoms with Crippen LogP contribution in [0.2, 0.25) is 0 Å². The number of carbonyl (C=O) groups is 1. The Labute approximate surface area is 133 Å². The van der Waals surface area contributed by atoms with Crippen molar-refractivity contribution in [2.24, 2.45) is 0 Å². The molecule has 0 fully saturated rings. The molecule has 2 rings (SSSR count). The molecule has 0 aliphatic heterocycles. The van der Waals surface area contributed by atoms with Gasteiger partial charge in [-0.3, -0.25) is 4.79 Å². The van der Waals surface area contributed by atoms with Crippen LogP contribution < -0.4 is 5.32 Å². The molecule has 1 heterocycles. The Bertz CT molecular complexity index is 729. The third-order valence-corrected chi connectivity index (χ3v) is 3.65. The molecular weight excluding hydrogens is 361 g/mol. The van der Waals surface area contributed by atoms with Gasteiger partial charge in [0.2, 0.25) is 0 Å². The van der Waals surface area contributed by atoms with E-state index in [-0.39, 0.29) is 11.3 Å². The molecule has 22 heavy (non-hydrogen) atoms.